The molecule has 1 amide bonds. The van der Waals surface area contributed by atoms with Gasteiger partial charge in [0.2, 0.25) is 0 Å². The van der Waals surface area contributed by atoms with Crippen molar-refractivity contribution in [3.05, 3.63) is 64.9 Å². The fraction of sp³-hybridized carbons (Fsp3) is 0.278. The highest BCUT2D eigenvalue weighted by molar-refractivity contribution is 5.97. The SMILES string of the molecule is Cc1ccnc2c(C(=O)NCc3ccc4c(c3)CCC4)ncn12. The summed E-state index contributed by atoms with van der Waals surface area (Å²) in [6.45, 7) is 2.47. The lowest BCUT2D eigenvalue weighted by Gasteiger charge is -2.06. The first kappa shape index (κ1) is 13.9. The minimum absolute atomic E-state index is 0.189. The second-order valence-corrected chi connectivity index (χ2v) is 6.01. The highest BCUT2D eigenvalue weighted by Gasteiger charge is 2.16. The topological polar surface area (TPSA) is 59.3 Å². The maximum atomic E-state index is 12.4. The van der Waals surface area contributed by atoms with E-state index < -0.39 is 0 Å². The van der Waals surface area contributed by atoms with Crippen molar-refractivity contribution < 1.29 is 4.79 Å². The molecule has 0 bridgehead atoms. The van der Waals surface area contributed by atoms with Gasteiger partial charge in [0.25, 0.3) is 5.91 Å². The molecule has 0 unspecified atom stereocenters. The van der Waals surface area contributed by atoms with Crippen molar-refractivity contribution in [2.45, 2.75) is 32.7 Å². The number of amides is 1. The van der Waals surface area contributed by atoms with Crippen molar-refractivity contribution in [3.8, 4) is 0 Å². The monoisotopic (exact) mass is 306 g/mol. The molecule has 23 heavy (non-hydrogen) atoms. The highest BCUT2D eigenvalue weighted by atomic mass is 16.1. The van der Waals surface area contributed by atoms with Gasteiger partial charge in [-0.2, -0.15) is 0 Å². The molecule has 0 spiro atoms. The summed E-state index contributed by atoms with van der Waals surface area (Å²) in [6.07, 6.45) is 6.89. The molecular weight excluding hydrogens is 288 g/mol. The number of aromatic nitrogens is 3. The Bertz CT molecular complexity index is 897. The van der Waals surface area contributed by atoms with Crippen LogP contribution in [0.2, 0.25) is 0 Å². The molecular formula is C18H18N4O. The second kappa shape index (κ2) is 5.50. The number of benzene rings is 1. The molecule has 2 aromatic heterocycles. The lowest BCUT2D eigenvalue weighted by molar-refractivity contribution is 0.0948. The number of nitrogens with zero attached hydrogens (tertiary/aromatic N) is 3. The van der Waals surface area contributed by atoms with Crippen LogP contribution < -0.4 is 5.32 Å². The van der Waals surface area contributed by atoms with Gasteiger partial charge < -0.3 is 5.32 Å². The maximum absolute atomic E-state index is 12.4. The summed E-state index contributed by atoms with van der Waals surface area (Å²) in [7, 11) is 0. The van der Waals surface area contributed by atoms with Gasteiger partial charge in [0.05, 0.1) is 0 Å². The molecule has 0 saturated carbocycles. The number of nitrogens with one attached hydrogen (secondary N) is 1. The summed E-state index contributed by atoms with van der Waals surface area (Å²) in [5.74, 6) is -0.189. The summed E-state index contributed by atoms with van der Waals surface area (Å²) in [6, 6.07) is 8.37. The van der Waals surface area contributed by atoms with Crippen LogP contribution in [0.5, 0.6) is 0 Å². The van der Waals surface area contributed by atoms with Gasteiger partial charge in [-0.1, -0.05) is 18.2 Å². The third-order valence-electron chi connectivity index (χ3n) is 4.47. The number of carbonyl (C=O) groups is 1. The van der Waals surface area contributed by atoms with E-state index >= 15 is 0 Å². The van der Waals surface area contributed by atoms with E-state index in [9.17, 15) is 4.79 Å². The van der Waals surface area contributed by atoms with E-state index in [0.29, 0.717) is 17.9 Å². The highest BCUT2D eigenvalue weighted by Crippen LogP contribution is 2.22. The summed E-state index contributed by atoms with van der Waals surface area (Å²) >= 11 is 0. The van der Waals surface area contributed by atoms with Gasteiger partial charge in [0, 0.05) is 18.4 Å². The van der Waals surface area contributed by atoms with Gasteiger partial charge in [-0.3, -0.25) is 9.20 Å². The van der Waals surface area contributed by atoms with Crippen molar-refractivity contribution in [1.29, 1.82) is 0 Å². The number of aryl methyl sites for hydroxylation is 3. The van der Waals surface area contributed by atoms with E-state index in [1.165, 1.54) is 24.0 Å². The van der Waals surface area contributed by atoms with E-state index in [1.54, 1.807) is 12.5 Å². The van der Waals surface area contributed by atoms with E-state index in [2.05, 4.69) is 33.5 Å². The van der Waals surface area contributed by atoms with Gasteiger partial charge in [0.1, 0.15) is 6.33 Å². The second-order valence-electron chi connectivity index (χ2n) is 6.01. The molecule has 4 rings (SSSR count). The van der Waals surface area contributed by atoms with Crippen LogP contribution in [0.3, 0.4) is 0 Å². The molecule has 1 aliphatic carbocycles. The van der Waals surface area contributed by atoms with Crippen LogP contribution in [0.15, 0.2) is 36.8 Å². The van der Waals surface area contributed by atoms with Crippen LogP contribution in [-0.4, -0.2) is 20.3 Å². The van der Waals surface area contributed by atoms with E-state index in [1.807, 2.05) is 17.4 Å². The molecule has 0 saturated heterocycles. The lowest BCUT2D eigenvalue weighted by Crippen LogP contribution is -2.23. The Labute approximate surface area is 134 Å². The van der Waals surface area contributed by atoms with Crippen molar-refractivity contribution in [1.82, 2.24) is 19.7 Å². The van der Waals surface area contributed by atoms with Crippen LogP contribution in [-0.2, 0) is 19.4 Å². The van der Waals surface area contributed by atoms with E-state index in [-0.39, 0.29) is 5.91 Å². The fourth-order valence-corrected chi connectivity index (χ4v) is 3.18. The molecule has 0 fully saturated rings. The first-order valence-electron chi connectivity index (χ1n) is 7.90. The number of hydrogen-bond acceptors (Lipinski definition) is 3. The molecule has 1 aliphatic rings. The molecule has 3 aromatic rings. The minimum Gasteiger partial charge on any atom is -0.347 e. The van der Waals surface area contributed by atoms with Gasteiger partial charge >= 0.3 is 0 Å². The molecule has 2 heterocycles. The molecule has 5 nitrogen and oxygen atoms in total. The average molecular weight is 306 g/mol. The molecule has 116 valence electrons. The Kier molecular flexibility index (Phi) is 3.33. The number of hydrogen-bond donors (Lipinski definition) is 1. The van der Waals surface area contributed by atoms with Crippen LogP contribution in [0.1, 0.15) is 39.3 Å². The summed E-state index contributed by atoms with van der Waals surface area (Å²) < 4.78 is 1.82. The molecule has 0 aliphatic heterocycles. The zero-order valence-corrected chi connectivity index (χ0v) is 13.0. The fourth-order valence-electron chi connectivity index (χ4n) is 3.18. The molecule has 1 N–H and O–H groups in total. The number of fused-ring (bicyclic) bond motifs is 2. The largest absolute Gasteiger partial charge is 0.347 e. The van der Waals surface area contributed by atoms with Crippen molar-refractivity contribution in [3.63, 3.8) is 0 Å². The van der Waals surface area contributed by atoms with Gasteiger partial charge in [0.15, 0.2) is 11.3 Å². The van der Waals surface area contributed by atoms with Crippen molar-refractivity contribution >= 4 is 11.6 Å². The van der Waals surface area contributed by atoms with Crippen molar-refractivity contribution in [2.24, 2.45) is 0 Å². The first-order chi connectivity index (χ1) is 11.2. The number of imidazole rings is 1. The third-order valence-corrected chi connectivity index (χ3v) is 4.47. The lowest BCUT2D eigenvalue weighted by atomic mass is 10.1. The quantitative estimate of drug-likeness (QED) is 0.808. The van der Waals surface area contributed by atoms with Crippen LogP contribution in [0.4, 0.5) is 0 Å². The predicted octanol–water partition coefficient (Wildman–Crippen LogP) is 2.46. The molecule has 0 atom stereocenters. The van der Waals surface area contributed by atoms with Crippen molar-refractivity contribution in [2.75, 3.05) is 0 Å². The van der Waals surface area contributed by atoms with E-state index in [0.717, 1.165) is 17.7 Å². The van der Waals surface area contributed by atoms with Gasteiger partial charge in [-0.05, 0) is 48.9 Å². The molecule has 1 aromatic carbocycles. The number of rotatable bonds is 3. The molecule has 0 radical (unpaired) electrons. The Morgan fingerprint density at radius 1 is 1.22 bits per heavy atom. The zero-order chi connectivity index (χ0) is 15.8. The summed E-state index contributed by atoms with van der Waals surface area (Å²) in [5.41, 5.74) is 5.96. The predicted molar refractivity (Wildman–Crippen MR) is 87.4 cm³/mol. The summed E-state index contributed by atoms with van der Waals surface area (Å²) in [5, 5.41) is 2.95. The Balaban J connectivity index is 1.52. The Morgan fingerprint density at radius 2 is 2.09 bits per heavy atom. The zero-order valence-electron chi connectivity index (χ0n) is 13.0. The van der Waals surface area contributed by atoms with Gasteiger partial charge in [-0.25, -0.2) is 9.97 Å². The van der Waals surface area contributed by atoms with Crippen LogP contribution >= 0.6 is 0 Å². The van der Waals surface area contributed by atoms with E-state index in [4.69, 9.17) is 0 Å². The van der Waals surface area contributed by atoms with Gasteiger partial charge in [-0.15, -0.1) is 0 Å². The summed E-state index contributed by atoms with van der Waals surface area (Å²) in [4.78, 5) is 20.9. The first-order valence-corrected chi connectivity index (χ1v) is 7.90. The normalized spacial score (nSPS) is 13.3. The van der Waals surface area contributed by atoms with Crippen LogP contribution in [0.25, 0.3) is 5.65 Å². The van der Waals surface area contributed by atoms with Crippen LogP contribution in [0, 0.1) is 6.92 Å². The molecule has 5 heteroatoms. The standard InChI is InChI=1S/C18H18N4O/c1-12-7-8-19-17-16(21-11-22(12)17)18(23)20-10-13-5-6-14-3-2-4-15(14)9-13/h5-9,11H,2-4,10H2,1H3,(H,20,23). The smallest absolute Gasteiger partial charge is 0.274 e. The Morgan fingerprint density at radius 3 is 3.00 bits per heavy atom. The number of carbonyl (C=O) groups excluding carboxylic acids is 1. The third kappa shape index (κ3) is 2.48. The minimum atomic E-state index is -0.189. The average Bonchev–Trinajstić information content (AvgIpc) is 3.19. The maximum Gasteiger partial charge on any atom is 0.274 e. The Hall–Kier alpha value is -2.69.